The van der Waals surface area contributed by atoms with Gasteiger partial charge in [-0.05, 0) is 36.4 Å². The Kier molecular flexibility index (Phi) is 3.06. The third kappa shape index (κ3) is 2.22. The molecule has 1 aromatic carbocycles. The fourth-order valence-corrected chi connectivity index (χ4v) is 3.09. The van der Waals surface area contributed by atoms with Gasteiger partial charge in [0.25, 0.3) is 5.56 Å². The van der Waals surface area contributed by atoms with Crippen LogP contribution in [-0.2, 0) is 0 Å². The van der Waals surface area contributed by atoms with E-state index in [1.807, 2.05) is 24.3 Å². The number of fused-ring (bicyclic) bond motifs is 1. The first-order valence-corrected chi connectivity index (χ1v) is 7.60. The standard InChI is InChI=1S/C15H8ClN3O2S/c16-10-3-1-9(2-4-10)12-6-5-11(21-12)7-13-14(20)19-15(22-13)17-8-18-19/h1-8H. The van der Waals surface area contributed by atoms with Crippen LogP contribution in [0.1, 0.15) is 5.76 Å². The van der Waals surface area contributed by atoms with Crippen LogP contribution in [0, 0.1) is 0 Å². The molecule has 0 N–H and O–H groups in total. The lowest BCUT2D eigenvalue weighted by Crippen LogP contribution is -2.23. The molecule has 0 bridgehead atoms. The van der Waals surface area contributed by atoms with Crippen LogP contribution in [0.2, 0.25) is 5.02 Å². The first-order chi connectivity index (χ1) is 10.7. The Morgan fingerprint density at radius 1 is 1.18 bits per heavy atom. The molecule has 0 amide bonds. The van der Waals surface area contributed by atoms with Gasteiger partial charge < -0.3 is 4.42 Å². The number of thiazole rings is 1. The van der Waals surface area contributed by atoms with E-state index in [0.29, 0.717) is 20.3 Å². The molecule has 0 atom stereocenters. The zero-order valence-corrected chi connectivity index (χ0v) is 12.6. The minimum Gasteiger partial charge on any atom is -0.457 e. The summed E-state index contributed by atoms with van der Waals surface area (Å²) in [6.45, 7) is 0. The Balaban J connectivity index is 1.76. The number of halogens is 1. The highest BCUT2D eigenvalue weighted by Crippen LogP contribution is 2.24. The highest BCUT2D eigenvalue weighted by molar-refractivity contribution is 7.15. The van der Waals surface area contributed by atoms with Gasteiger partial charge in [-0.3, -0.25) is 4.79 Å². The second-order valence-corrected chi connectivity index (χ2v) is 6.02. The van der Waals surface area contributed by atoms with Crippen molar-refractivity contribution < 1.29 is 4.42 Å². The number of nitrogens with zero attached hydrogens (tertiary/aromatic N) is 3. The van der Waals surface area contributed by atoms with Crippen LogP contribution in [-0.4, -0.2) is 14.6 Å². The molecule has 4 rings (SSSR count). The lowest BCUT2D eigenvalue weighted by atomic mass is 10.2. The van der Waals surface area contributed by atoms with E-state index in [4.69, 9.17) is 16.0 Å². The third-order valence-electron chi connectivity index (χ3n) is 3.15. The summed E-state index contributed by atoms with van der Waals surface area (Å²) >= 11 is 7.15. The smallest absolute Gasteiger partial charge is 0.291 e. The van der Waals surface area contributed by atoms with Gasteiger partial charge in [-0.2, -0.15) is 9.61 Å². The average Bonchev–Trinajstić information content (AvgIpc) is 3.21. The summed E-state index contributed by atoms with van der Waals surface area (Å²) in [5, 5.41) is 4.56. The number of furan rings is 1. The van der Waals surface area contributed by atoms with E-state index < -0.39 is 0 Å². The lowest BCUT2D eigenvalue weighted by Gasteiger charge is -1.96. The lowest BCUT2D eigenvalue weighted by molar-refractivity contribution is 0.571. The molecule has 0 aliphatic rings. The van der Waals surface area contributed by atoms with E-state index in [1.54, 1.807) is 18.2 Å². The van der Waals surface area contributed by atoms with Crippen LogP contribution in [0.4, 0.5) is 0 Å². The van der Waals surface area contributed by atoms with Gasteiger partial charge >= 0.3 is 0 Å². The van der Waals surface area contributed by atoms with Crippen LogP contribution in [0.5, 0.6) is 0 Å². The maximum Gasteiger partial charge on any atom is 0.291 e. The number of hydrogen-bond acceptors (Lipinski definition) is 5. The number of benzene rings is 1. The molecule has 0 unspecified atom stereocenters. The van der Waals surface area contributed by atoms with Gasteiger partial charge in [0.1, 0.15) is 22.4 Å². The molecule has 5 nitrogen and oxygen atoms in total. The molecular formula is C15H8ClN3O2S. The van der Waals surface area contributed by atoms with Crippen LogP contribution in [0.3, 0.4) is 0 Å². The van der Waals surface area contributed by atoms with E-state index in [2.05, 4.69) is 10.1 Å². The molecule has 0 aliphatic heterocycles. The molecule has 0 radical (unpaired) electrons. The minimum absolute atomic E-state index is 0.193. The summed E-state index contributed by atoms with van der Waals surface area (Å²) in [6, 6.07) is 11.0. The Morgan fingerprint density at radius 2 is 2.00 bits per heavy atom. The molecule has 4 aromatic rings. The van der Waals surface area contributed by atoms with Gasteiger partial charge in [0.2, 0.25) is 4.96 Å². The summed E-state index contributed by atoms with van der Waals surface area (Å²) in [4.78, 5) is 16.7. The molecule has 3 heterocycles. The van der Waals surface area contributed by atoms with Crippen molar-refractivity contribution in [2.24, 2.45) is 0 Å². The van der Waals surface area contributed by atoms with Crippen molar-refractivity contribution >= 4 is 34.0 Å². The van der Waals surface area contributed by atoms with Crippen LogP contribution < -0.4 is 10.1 Å². The van der Waals surface area contributed by atoms with Crippen molar-refractivity contribution in [3.8, 4) is 11.3 Å². The predicted octanol–water partition coefficient (Wildman–Crippen LogP) is 2.61. The molecule has 7 heteroatoms. The molecule has 108 valence electrons. The normalized spacial score (nSPS) is 12.3. The second kappa shape index (κ2) is 5.08. The molecule has 0 saturated heterocycles. The van der Waals surface area contributed by atoms with E-state index in [1.165, 1.54) is 22.2 Å². The van der Waals surface area contributed by atoms with Crippen LogP contribution >= 0.6 is 22.9 Å². The minimum atomic E-state index is -0.193. The Hall–Kier alpha value is -2.44. The SMILES string of the molecule is O=c1c(=Cc2ccc(-c3ccc(Cl)cc3)o2)sc2ncnn12. The summed E-state index contributed by atoms with van der Waals surface area (Å²) in [5.41, 5.74) is 0.732. The van der Waals surface area contributed by atoms with Crippen molar-refractivity contribution in [2.75, 3.05) is 0 Å². The number of aromatic nitrogens is 3. The Morgan fingerprint density at radius 3 is 2.77 bits per heavy atom. The molecule has 22 heavy (non-hydrogen) atoms. The van der Waals surface area contributed by atoms with Crippen molar-refractivity contribution in [1.29, 1.82) is 0 Å². The maximum absolute atomic E-state index is 12.1. The fraction of sp³-hybridized carbons (Fsp3) is 0. The fourth-order valence-electron chi connectivity index (χ4n) is 2.11. The van der Waals surface area contributed by atoms with E-state index in [9.17, 15) is 4.79 Å². The second-order valence-electron chi connectivity index (χ2n) is 4.58. The van der Waals surface area contributed by atoms with Gasteiger partial charge in [-0.25, -0.2) is 4.98 Å². The van der Waals surface area contributed by atoms with Crippen LogP contribution in [0.25, 0.3) is 22.4 Å². The van der Waals surface area contributed by atoms with Crippen molar-refractivity contribution in [3.63, 3.8) is 0 Å². The van der Waals surface area contributed by atoms with Crippen molar-refractivity contribution in [3.05, 3.63) is 68.4 Å². The van der Waals surface area contributed by atoms with Gasteiger partial charge in [0.05, 0.1) is 0 Å². The summed E-state index contributed by atoms with van der Waals surface area (Å²) in [7, 11) is 0. The van der Waals surface area contributed by atoms with Crippen molar-refractivity contribution in [1.82, 2.24) is 14.6 Å². The van der Waals surface area contributed by atoms with Crippen LogP contribution in [0.15, 0.2) is 51.9 Å². The van der Waals surface area contributed by atoms with Gasteiger partial charge in [0, 0.05) is 16.7 Å². The molecule has 0 spiro atoms. The first kappa shape index (κ1) is 13.2. The zero-order valence-electron chi connectivity index (χ0n) is 11.1. The molecule has 3 aromatic heterocycles. The number of rotatable bonds is 2. The first-order valence-electron chi connectivity index (χ1n) is 6.41. The van der Waals surface area contributed by atoms with E-state index in [0.717, 1.165) is 11.3 Å². The molecular weight excluding hydrogens is 322 g/mol. The predicted molar refractivity (Wildman–Crippen MR) is 85.1 cm³/mol. The summed E-state index contributed by atoms with van der Waals surface area (Å²) in [6.07, 6.45) is 3.06. The maximum atomic E-state index is 12.1. The summed E-state index contributed by atoms with van der Waals surface area (Å²) in [5.74, 6) is 1.32. The van der Waals surface area contributed by atoms with Gasteiger partial charge in [-0.15, -0.1) is 0 Å². The quantitative estimate of drug-likeness (QED) is 0.567. The van der Waals surface area contributed by atoms with Crippen molar-refractivity contribution in [2.45, 2.75) is 0 Å². The Labute approximate surface area is 133 Å². The number of hydrogen-bond donors (Lipinski definition) is 0. The topological polar surface area (TPSA) is 60.4 Å². The van der Waals surface area contributed by atoms with E-state index >= 15 is 0 Å². The zero-order chi connectivity index (χ0) is 15.1. The highest BCUT2D eigenvalue weighted by atomic mass is 35.5. The molecule has 0 saturated carbocycles. The Bertz CT molecular complexity index is 1060. The third-order valence-corrected chi connectivity index (χ3v) is 4.38. The average molecular weight is 330 g/mol. The monoisotopic (exact) mass is 329 g/mol. The van der Waals surface area contributed by atoms with Gasteiger partial charge in [0.15, 0.2) is 0 Å². The van der Waals surface area contributed by atoms with E-state index in [-0.39, 0.29) is 5.56 Å². The highest BCUT2D eigenvalue weighted by Gasteiger charge is 2.07. The molecule has 0 aliphatic carbocycles. The summed E-state index contributed by atoms with van der Waals surface area (Å²) < 4.78 is 7.57. The largest absolute Gasteiger partial charge is 0.457 e. The molecule has 0 fully saturated rings. The van der Waals surface area contributed by atoms with Gasteiger partial charge in [-0.1, -0.05) is 22.9 Å².